The average Bonchev–Trinajstić information content (AvgIpc) is 2.98. The number of fused-ring (bicyclic) bond motifs is 1. The van der Waals surface area contributed by atoms with E-state index in [-0.39, 0.29) is 24.8 Å². The summed E-state index contributed by atoms with van der Waals surface area (Å²) in [6, 6.07) is 5.06. The van der Waals surface area contributed by atoms with Crippen molar-refractivity contribution in [1.82, 2.24) is 13.3 Å². The van der Waals surface area contributed by atoms with Crippen molar-refractivity contribution in [2.75, 3.05) is 0 Å². The summed E-state index contributed by atoms with van der Waals surface area (Å²) in [7, 11) is -2.93. The van der Waals surface area contributed by atoms with Gasteiger partial charge in [-0.25, -0.2) is 18.0 Å². The van der Waals surface area contributed by atoms with Crippen LogP contribution >= 0.6 is 11.6 Å². The molecule has 0 atom stereocenters. The highest BCUT2D eigenvalue weighted by atomic mass is 35.5. The molecule has 0 N–H and O–H groups in total. The van der Waals surface area contributed by atoms with Crippen molar-refractivity contribution in [2.45, 2.75) is 11.8 Å². The number of carbonyl (C=O) groups excluding carboxylic acids is 1. The Labute approximate surface area is 151 Å². The van der Waals surface area contributed by atoms with Crippen LogP contribution in [0, 0.1) is 0 Å². The van der Waals surface area contributed by atoms with Gasteiger partial charge in [0.05, 0.1) is 5.39 Å². The third-order valence-corrected chi connectivity index (χ3v) is 5.38. The fraction of sp³-hybridized carbons (Fsp3) is 0.133. The molecule has 0 aliphatic rings. The fourth-order valence-corrected chi connectivity index (χ4v) is 3.91. The van der Waals surface area contributed by atoms with E-state index in [0.717, 1.165) is 6.92 Å². The third-order valence-electron chi connectivity index (χ3n) is 3.50. The lowest BCUT2D eigenvalue weighted by molar-refractivity contribution is -0.141. The van der Waals surface area contributed by atoms with Gasteiger partial charge in [0.1, 0.15) is 10.4 Å². The van der Waals surface area contributed by atoms with E-state index in [1.165, 1.54) is 41.2 Å². The molecular weight excluding hydrogens is 386 g/mol. The second kappa shape index (κ2) is 6.15. The number of hydrogen-bond donors (Lipinski definition) is 0. The Balaban J connectivity index is 2.48. The molecule has 0 amide bonds. The molecule has 136 valence electrons. The van der Waals surface area contributed by atoms with Crippen LogP contribution < -0.4 is 16.1 Å². The molecule has 11 heteroatoms. The number of aromatic nitrogens is 3. The summed E-state index contributed by atoms with van der Waals surface area (Å²) in [6.07, 6.45) is 2.69. The van der Waals surface area contributed by atoms with E-state index in [9.17, 15) is 22.8 Å². The maximum atomic E-state index is 12.8. The third kappa shape index (κ3) is 2.82. The van der Waals surface area contributed by atoms with Crippen molar-refractivity contribution in [2.24, 2.45) is 7.05 Å². The van der Waals surface area contributed by atoms with Crippen LogP contribution in [-0.4, -0.2) is 27.7 Å². The van der Waals surface area contributed by atoms with Crippen LogP contribution in [0.3, 0.4) is 0 Å². The highest BCUT2D eigenvalue weighted by Crippen LogP contribution is 2.17. The van der Waals surface area contributed by atoms with Gasteiger partial charge in [-0.1, -0.05) is 11.6 Å². The molecule has 0 aliphatic carbocycles. The van der Waals surface area contributed by atoms with Crippen molar-refractivity contribution in [1.29, 1.82) is 0 Å². The topological polar surface area (TPSA) is 109 Å². The van der Waals surface area contributed by atoms with Crippen molar-refractivity contribution < 1.29 is 18.0 Å². The summed E-state index contributed by atoms with van der Waals surface area (Å²) in [6.45, 7) is 1.03. The summed E-state index contributed by atoms with van der Waals surface area (Å²) in [4.78, 5) is 41.3. The van der Waals surface area contributed by atoms with E-state index < -0.39 is 27.2 Å². The molecule has 0 aliphatic heterocycles. The van der Waals surface area contributed by atoms with E-state index >= 15 is 0 Å². The largest absolute Gasteiger partial charge is 0.379 e. The molecule has 3 rings (SSSR count). The predicted octanol–water partition coefficient (Wildman–Crippen LogP) is 0.367. The molecule has 1 aromatic carbocycles. The van der Waals surface area contributed by atoms with Crippen molar-refractivity contribution in [3.63, 3.8) is 0 Å². The number of benzene rings is 1. The minimum Gasteiger partial charge on any atom is -0.356 e. The van der Waals surface area contributed by atoms with Gasteiger partial charge >= 0.3 is 11.7 Å². The van der Waals surface area contributed by atoms with Gasteiger partial charge in [0.2, 0.25) is 0 Å². The summed E-state index contributed by atoms with van der Waals surface area (Å²) >= 11 is 5.87. The molecule has 26 heavy (non-hydrogen) atoms. The van der Waals surface area contributed by atoms with Gasteiger partial charge < -0.3 is 9.40 Å². The smallest absolute Gasteiger partial charge is 0.356 e. The fourth-order valence-electron chi connectivity index (χ4n) is 2.40. The Bertz CT molecular complexity index is 1270. The maximum Gasteiger partial charge on any atom is 0.379 e. The van der Waals surface area contributed by atoms with E-state index in [2.05, 4.69) is 0 Å². The first-order chi connectivity index (χ1) is 12.1. The van der Waals surface area contributed by atoms with Crippen LogP contribution in [0.25, 0.3) is 10.9 Å². The summed E-state index contributed by atoms with van der Waals surface area (Å²) in [5.74, 6) is -0.879. The number of halogens is 1. The molecule has 3 aromatic rings. The first kappa shape index (κ1) is 18.0. The summed E-state index contributed by atoms with van der Waals surface area (Å²) < 4.78 is 27.6. The maximum absolute atomic E-state index is 12.8. The average molecular weight is 398 g/mol. The van der Waals surface area contributed by atoms with Gasteiger partial charge in [-0.3, -0.25) is 4.79 Å². The van der Waals surface area contributed by atoms with E-state index in [0.29, 0.717) is 4.73 Å². The Morgan fingerprint density at radius 2 is 1.88 bits per heavy atom. The molecule has 0 saturated heterocycles. The van der Waals surface area contributed by atoms with E-state index in [1.807, 2.05) is 0 Å². The highest BCUT2D eigenvalue weighted by Gasteiger charge is 2.27. The van der Waals surface area contributed by atoms with Crippen LogP contribution in [0.15, 0.2) is 51.1 Å². The molecule has 9 nitrogen and oxygen atoms in total. The SMILES string of the molecule is CC(=O)On1c(=O)n(S(=O)(=O)c2ccn(C)c2)c(=O)c2ccc(Cl)cc21. The predicted molar refractivity (Wildman–Crippen MR) is 92.7 cm³/mol. The molecule has 0 spiro atoms. The second-order valence-electron chi connectivity index (χ2n) is 5.41. The number of rotatable bonds is 3. The quantitative estimate of drug-likeness (QED) is 0.631. The van der Waals surface area contributed by atoms with Gasteiger partial charge in [0, 0.05) is 31.4 Å². The number of carbonyl (C=O) groups is 1. The van der Waals surface area contributed by atoms with Gasteiger partial charge in [-0.05, 0) is 24.3 Å². The number of aryl methyl sites for hydroxylation is 1. The van der Waals surface area contributed by atoms with Crippen molar-refractivity contribution in [3.8, 4) is 0 Å². The summed E-state index contributed by atoms with van der Waals surface area (Å²) in [5.41, 5.74) is -2.54. The Hall–Kier alpha value is -2.85. The van der Waals surface area contributed by atoms with Crippen LogP contribution in [-0.2, 0) is 21.9 Å². The highest BCUT2D eigenvalue weighted by molar-refractivity contribution is 7.90. The zero-order valence-corrected chi connectivity index (χ0v) is 15.1. The normalized spacial score (nSPS) is 11.7. The van der Waals surface area contributed by atoms with Crippen molar-refractivity contribution in [3.05, 3.63) is 62.5 Å². The zero-order chi connectivity index (χ0) is 19.2. The standard InChI is InChI=1S/C15H12ClN3O6S/c1-9(20)25-18-13-7-10(16)3-4-12(13)14(21)19(15(18)22)26(23,24)11-5-6-17(2)8-11/h3-8H,1-2H3. The molecule has 0 unspecified atom stereocenters. The summed E-state index contributed by atoms with van der Waals surface area (Å²) in [5, 5.41) is 0.00984. The molecule has 0 bridgehead atoms. The first-order valence-electron chi connectivity index (χ1n) is 7.16. The zero-order valence-electron chi connectivity index (χ0n) is 13.5. The van der Waals surface area contributed by atoms with Crippen LogP contribution in [0.4, 0.5) is 0 Å². The molecule has 2 heterocycles. The lowest BCUT2D eigenvalue weighted by atomic mass is 10.2. The molecule has 2 aromatic heterocycles. The van der Waals surface area contributed by atoms with Crippen molar-refractivity contribution >= 4 is 38.5 Å². The van der Waals surface area contributed by atoms with E-state index in [1.54, 1.807) is 7.05 Å². The van der Waals surface area contributed by atoms with Crippen LogP contribution in [0.1, 0.15) is 6.92 Å². The van der Waals surface area contributed by atoms with Crippen LogP contribution in [0.5, 0.6) is 0 Å². The lowest BCUT2D eigenvalue weighted by Crippen LogP contribution is -2.46. The second-order valence-corrected chi connectivity index (χ2v) is 7.63. The lowest BCUT2D eigenvalue weighted by Gasteiger charge is -2.12. The Morgan fingerprint density at radius 3 is 2.46 bits per heavy atom. The molecule has 0 fully saturated rings. The minimum absolute atomic E-state index is 0.0571. The molecule has 0 radical (unpaired) electrons. The van der Waals surface area contributed by atoms with Crippen LogP contribution in [0.2, 0.25) is 5.02 Å². The number of nitrogens with zero attached hydrogens (tertiary/aromatic N) is 3. The van der Waals surface area contributed by atoms with Gasteiger partial charge in [-0.15, -0.1) is 8.70 Å². The van der Waals surface area contributed by atoms with E-state index in [4.69, 9.17) is 16.4 Å². The monoisotopic (exact) mass is 397 g/mol. The Kier molecular flexibility index (Phi) is 4.24. The van der Waals surface area contributed by atoms with Gasteiger partial charge in [-0.2, -0.15) is 0 Å². The molecule has 0 saturated carbocycles. The Morgan fingerprint density at radius 1 is 1.19 bits per heavy atom. The minimum atomic E-state index is -4.51. The van der Waals surface area contributed by atoms with Gasteiger partial charge in [0.15, 0.2) is 0 Å². The van der Waals surface area contributed by atoms with Gasteiger partial charge in [0.25, 0.3) is 15.6 Å². The first-order valence-corrected chi connectivity index (χ1v) is 8.98. The molecular formula is C15H12ClN3O6S. The number of hydrogen-bond acceptors (Lipinski definition) is 6.